The third kappa shape index (κ3) is 5.82. The van der Waals surface area contributed by atoms with Crippen molar-refractivity contribution in [3.05, 3.63) is 65.5 Å². The monoisotopic (exact) mass is 426 g/mol. The normalized spacial score (nSPS) is 11.6. The minimum Gasteiger partial charge on any atom is -0.399 e. The van der Waals surface area contributed by atoms with Gasteiger partial charge in [0.1, 0.15) is 6.04 Å². The number of carbonyl (C=O) groups excluding carboxylic acids is 2. The molecule has 1 heterocycles. The molecule has 0 spiro atoms. The van der Waals surface area contributed by atoms with Crippen molar-refractivity contribution in [1.82, 2.24) is 10.3 Å². The number of carbonyl (C=O) groups is 2. The van der Waals surface area contributed by atoms with Gasteiger partial charge in [0.25, 0.3) is 5.91 Å². The smallest absolute Gasteiger partial charge is 0.251 e. The van der Waals surface area contributed by atoms with Crippen molar-refractivity contribution in [3.63, 3.8) is 0 Å². The lowest BCUT2D eigenvalue weighted by molar-refractivity contribution is -0.118. The molecule has 3 aromatic rings. The summed E-state index contributed by atoms with van der Waals surface area (Å²) in [5, 5.41) is 8.05. The van der Waals surface area contributed by atoms with Gasteiger partial charge < -0.3 is 16.4 Å². The van der Waals surface area contributed by atoms with Crippen molar-refractivity contribution in [2.45, 2.75) is 12.5 Å². The van der Waals surface area contributed by atoms with E-state index in [0.29, 0.717) is 22.8 Å². The van der Waals surface area contributed by atoms with Crippen LogP contribution in [0.15, 0.2) is 60.0 Å². The number of nitrogens with two attached hydrogens (primary N) is 1. The molecule has 0 saturated heterocycles. The number of hydrogen-bond donors (Lipinski definition) is 3. The molecule has 0 fully saturated rings. The zero-order valence-electron chi connectivity index (χ0n) is 15.9. The van der Waals surface area contributed by atoms with Crippen molar-refractivity contribution in [3.8, 4) is 11.3 Å². The Morgan fingerprint density at radius 3 is 2.55 bits per heavy atom. The average molecular weight is 427 g/mol. The molecule has 2 amide bonds. The molecule has 4 N–H and O–H groups in total. The van der Waals surface area contributed by atoms with Gasteiger partial charge in [-0.1, -0.05) is 30.3 Å². The molecular formula is C21H22N4O2S2. The Morgan fingerprint density at radius 2 is 1.86 bits per heavy atom. The fraction of sp³-hybridized carbons (Fsp3) is 0.190. The average Bonchev–Trinajstić information content (AvgIpc) is 3.20. The number of aromatic nitrogens is 1. The quantitative estimate of drug-likeness (QED) is 0.475. The maximum absolute atomic E-state index is 12.8. The lowest BCUT2D eigenvalue weighted by atomic mass is 10.1. The van der Waals surface area contributed by atoms with Crippen LogP contribution in [0.25, 0.3) is 11.3 Å². The number of rotatable bonds is 8. The second-order valence-electron chi connectivity index (χ2n) is 6.32. The molecule has 0 aliphatic heterocycles. The van der Waals surface area contributed by atoms with Gasteiger partial charge >= 0.3 is 0 Å². The molecule has 0 radical (unpaired) electrons. The number of hydrogen-bond acceptors (Lipinski definition) is 6. The maximum Gasteiger partial charge on any atom is 0.251 e. The first-order valence-corrected chi connectivity index (χ1v) is 11.3. The molecule has 29 heavy (non-hydrogen) atoms. The van der Waals surface area contributed by atoms with Crippen LogP contribution in [-0.4, -0.2) is 34.8 Å². The van der Waals surface area contributed by atoms with Crippen LogP contribution < -0.4 is 16.4 Å². The van der Waals surface area contributed by atoms with Gasteiger partial charge in [-0.05, 0) is 42.7 Å². The highest BCUT2D eigenvalue weighted by Crippen LogP contribution is 2.24. The predicted molar refractivity (Wildman–Crippen MR) is 121 cm³/mol. The van der Waals surface area contributed by atoms with Gasteiger partial charge in [0.05, 0.1) is 5.69 Å². The summed E-state index contributed by atoms with van der Waals surface area (Å²) in [6.07, 6.45) is 2.48. The van der Waals surface area contributed by atoms with E-state index in [0.717, 1.165) is 17.0 Å². The number of thiazole rings is 1. The van der Waals surface area contributed by atoms with E-state index in [-0.39, 0.29) is 11.8 Å². The number of nitrogens with one attached hydrogen (secondary N) is 2. The number of thioether (sulfide) groups is 1. The maximum atomic E-state index is 12.8. The topological polar surface area (TPSA) is 97.1 Å². The van der Waals surface area contributed by atoms with Crippen LogP contribution >= 0.6 is 23.1 Å². The molecule has 150 valence electrons. The largest absolute Gasteiger partial charge is 0.399 e. The Bertz CT molecular complexity index is 958. The Morgan fingerprint density at radius 1 is 1.14 bits per heavy atom. The van der Waals surface area contributed by atoms with E-state index in [1.165, 1.54) is 11.3 Å². The molecule has 0 saturated carbocycles. The highest BCUT2D eigenvalue weighted by Gasteiger charge is 2.22. The highest BCUT2D eigenvalue weighted by atomic mass is 32.2. The molecular weight excluding hydrogens is 404 g/mol. The Kier molecular flexibility index (Phi) is 7.26. The molecule has 0 aliphatic rings. The summed E-state index contributed by atoms with van der Waals surface area (Å²) < 4.78 is 0. The van der Waals surface area contributed by atoms with Gasteiger partial charge in [-0.25, -0.2) is 4.98 Å². The van der Waals surface area contributed by atoms with Gasteiger partial charge in [0.15, 0.2) is 5.13 Å². The van der Waals surface area contributed by atoms with Crippen LogP contribution in [0.2, 0.25) is 0 Å². The zero-order valence-corrected chi connectivity index (χ0v) is 17.6. The minimum atomic E-state index is -0.656. The van der Waals surface area contributed by atoms with E-state index in [1.54, 1.807) is 36.0 Å². The Balaban J connectivity index is 1.68. The van der Waals surface area contributed by atoms with Crippen LogP contribution in [0.5, 0.6) is 0 Å². The van der Waals surface area contributed by atoms with E-state index in [1.807, 2.05) is 42.0 Å². The third-order valence-electron chi connectivity index (χ3n) is 4.21. The van der Waals surface area contributed by atoms with Crippen LogP contribution in [0.1, 0.15) is 16.8 Å². The SMILES string of the molecule is CSCCC(NC(=O)c1ccc(N)cc1)C(=O)Nc1nc(-c2ccccc2)cs1. The van der Waals surface area contributed by atoms with Crippen molar-refractivity contribution in [2.75, 3.05) is 23.1 Å². The third-order valence-corrected chi connectivity index (χ3v) is 5.61. The van der Waals surface area contributed by atoms with Crippen molar-refractivity contribution < 1.29 is 9.59 Å². The number of nitrogen functional groups attached to an aromatic ring is 1. The number of amides is 2. The number of anilines is 2. The second-order valence-corrected chi connectivity index (χ2v) is 8.17. The van der Waals surface area contributed by atoms with E-state index >= 15 is 0 Å². The molecule has 2 aromatic carbocycles. The summed E-state index contributed by atoms with van der Waals surface area (Å²) in [5.74, 6) is 0.153. The zero-order chi connectivity index (χ0) is 20.6. The lowest BCUT2D eigenvalue weighted by Gasteiger charge is -2.17. The van der Waals surface area contributed by atoms with Crippen LogP contribution in [0.4, 0.5) is 10.8 Å². The number of benzene rings is 2. The van der Waals surface area contributed by atoms with Crippen molar-refractivity contribution in [2.24, 2.45) is 0 Å². The van der Waals surface area contributed by atoms with E-state index < -0.39 is 6.04 Å². The molecule has 0 aliphatic carbocycles. The first-order chi connectivity index (χ1) is 14.1. The standard InChI is InChI=1S/C21H22N4O2S2/c1-28-12-11-17(23-19(26)15-7-9-16(22)10-8-15)20(27)25-21-24-18(13-29-21)14-5-3-2-4-6-14/h2-10,13,17H,11-12,22H2,1H3,(H,23,26)(H,24,25,27). The van der Waals surface area contributed by atoms with Gasteiger partial charge in [0.2, 0.25) is 5.91 Å². The first-order valence-electron chi connectivity index (χ1n) is 9.04. The van der Waals surface area contributed by atoms with Gasteiger partial charge in [0, 0.05) is 22.2 Å². The molecule has 3 rings (SSSR count). The van der Waals surface area contributed by atoms with E-state index in [2.05, 4.69) is 15.6 Å². The Labute approximate surface area is 177 Å². The highest BCUT2D eigenvalue weighted by molar-refractivity contribution is 7.98. The van der Waals surface area contributed by atoms with Crippen LogP contribution in [-0.2, 0) is 4.79 Å². The fourth-order valence-corrected chi connectivity index (χ4v) is 3.84. The molecule has 1 aromatic heterocycles. The summed E-state index contributed by atoms with van der Waals surface area (Å²) in [6, 6.07) is 15.7. The summed E-state index contributed by atoms with van der Waals surface area (Å²) in [6.45, 7) is 0. The van der Waals surface area contributed by atoms with Crippen LogP contribution in [0, 0.1) is 0 Å². The molecule has 1 atom stereocenters. The molecule has 1 unspecified atom stereocenters. The van der Waals surface area contributed by atoms with E-state index in [4.69, 9.17) is 5.73 Å². The van der Waals surface area contributed by atoms with Gasteiger partial charge in [-0.2, -0.15) is 11.8 Å². The van der Waals surface area contributed by atoms with Gasteiger partial charge in [-0.3, -0.25) is 9.59 Å². The fourth-order valence-electron chi connectivity index (χ4n) is 2.65. The second kappa shape index (κ2) is 10.1. The Hall–Kier alpha value is -2.84. The summed E-state index contributed by atoms with van der Waals surface area (Å²) in [5.41, 5.74) is 8.50. The molecule has 6 nitrogen and oxygen atoms in total. The summed E-state index contributed by atoms with van der Waals surface area (Å²) in [7, 11) is 0. The molecule has 0 bridgehead atoms. The molecule has 8 heteroatoms. The van der Waals surface area contributed by atoms with Crippen molar-refractivity contribution >= 4 is 45.7 Å². The number of nitrogens with zero attached hydrogens (tertiary/aromatic N) is 1. The summed E-state index contributed by atoms with van der Waals surface area (Å²) >= 11 is 2.98. The van der Waals surface area contributed by atoms with Gasteiger partial charge in [-0.15, -0.1) is 11.3 Å². The van der Waals surface area contributed by atoms with Crippen molar-refractivity contribution in [1.29, 1.82) is 0 Å². The lowest BCUT2D eigenvalue weighted by Crippen LogP contribution is -2.44. The van der Waals surface area contributed by atoms with E-state index in [9.17, 15) is 9.59 Å². The summed E-state index contributed by atoms with van der Waals surface area (Å²) in [4.78, 5) is 29.8. The first kappa shape index (κ1) is 20.9. The minimum absolute atomic E-state index is 0.281. The predicted octanol–water partition coefficient (Wildman–Crippen LogP) is 3.88. The van der Waals surface area contributed by atoms with Crippen LogP contribution in [0.3, 0.4) is 0 Å².